The van der Waals surface area contributed by atoms with E-state index in [0.717, 1.165) is 18.3 Å². The number of benzene rings is 1. The van der Waals surface area contributed by atoms with Gasteiger partial charge in [0.05, 0.1) is 13.2 Å². The lowest BCUT2D eigenvalue weighted by molar-refractivity contribution is -0.0570. The Morgan fingerprint density at radius 3 is 2.28 bits per heavy atom. The van der Waals surface area contributed by atoms with E-state index in [1.807, 2.05) is 0 Å². The minimum atomic E-state index is -5.43. The van der Waals surface area contributed by atoms with Crippen molar-refractivity contribution in [3.8, 4) is 0 Å². The van der Waals surface area contributed by atoms with Crippen molar-refractivity contribution in [3.05, 3.63) is 68.5 Å². The van der Waals surface area contributed by atoms with Crippen molar-refractivity contribution in [2.45, 2.75) is 43.9 Å². The van der Waals surface area contributed by atoms with Gasteiger partial charge in [0.1, 0.15) is 18.3 Å². The van der Waals surface area contributed by atoms with Gasteiger partial charge in [-0.1, -0.05) is 30.3 Å². The number of phosphoric ester groups is 1. The average Bonchev–Trinajstić information content (AvgIpc) is 3.05. The summed E-state index contributed by atoms with van der Waals surface area (Å²) in [7, 11) is -10.8. The van der Waals surface area contributed by atoms with E-state index >= 15 is 0 Å². The minimum absolute atomic E-state index is 0.182. The van der Waals surface area contributed by atoms with Crippen LogP contribution in [0.3, 0.4) is 0 Å². The van der Waals surface area contributed by atoms with Crippen LogP contribution in [-0.4, -0.2) is 58.9 Å². The van der Waals surface area contributed by atoms with Crippen LogP contribution in [0.1, 0.15) is 17.4 Å². The second-order valence-electron chi connectivity index (χ2n) is 7.85. The predicted octanol–water partition coefficient (Wildman–Crippen LogP) is -0.0441. The Kier molecular flexibility index (Phi) is 8.18. The molecule has 1 aromatic carbocycles. The van der Waals surface area contributed by atoms with Gasteiger partial charge in [-0.05, 0) is 6.92 Å². The fourth-order valence-corrected chi connectivity index (χ4v) is 5.07. The summed E-state index contributed by atoms with van der Waals surface area (Å²) in [5.74, 6) is -3.64. The van der Waals surface area contributed by atoms with Gasteiger partial charge in [0.15, 0.2) is 6.23 Å². The molecule has 5 N–H and O–H groups in total. The fourth-order valence-electron chi connectivity index (χ4n) is 3.47. The van der Waals surface area contributed by atoms with Crippen LogP contribution in [0.2, 0.25) is 0 Å². The first-order chi connectivity index (χ1) is 16.5. The first kappa shape index (κ1) is 28.5. The minimum Gasteiger partial charge on any atom is -0.387 e. The van der Waals surface area contributed by atoms with Crippen LogP contribution in [0.5, 0.6) is 0 Å². The highest BCUT2D eigenvalue weighted by Gasteiger charge is 2.46. The Morgan fingerprint density at radius 1 is 1.08 bits per heavy atom. The normalized spacial score (nSPS) is 24.6. The van der Waals surface area contributed by atoms with Gasteiger partial charge in [-0.3, -0.25) is 18.5 Å². The van der Waals surface area contributed by atoms with E-state index < -0.39 is 76.1 Å². The first-order valence-corrected chi connectivity index (χ1v) is 13.1. The number of aliphatic hydroxyl groups excluding tert-OH is 2. The number of aromatic nitrogens is 2. The molecule has 1 fully saturated rings. The molecule has 14 nitrogen and oxygen atoms in total. The van der Waals surface area contributed by atoms with E-state index in [2.05, 4.69) is 8.83 Å². The van der Waals surface area contributed by atoms with Crippen LogP contribution in [0.25, 0.3) is 0 Å². The SMILES string of the molecule is Cc1cn([C@@H]2O[C@H](COP(=O)(O)OP(=O)(O)O)[C@@H](O)[C@H]2O)c(=O)n(CC(F)(F)c2ccccc2)c1=O. The first-order valence-electron chi connectivity index (χ1n) is 10.0. The molecule has 0 spiro atoms. The van der Waals surface area contributed by atoms with E-state index in [0.29, 0.717) is 4.57 Å². The van der Waals surface area contributed by atoms with Crippen molar-refractivity contribution in [1.29, 1.82) is 0 Å². The molecule has 36 heavy (non-hydrogen) atoms. The number of ether oxygens (including phenoxy) is 1. The Hall–Kier alpha value is -2.10. The van der Waals surface area contributed by atoms with E-state index in [1.165, 1.54) is 25.1 Å². The molecule has 1 aromatic heterocycles. The largest absolute Gasteiger partial charge is 0.481 e. The Balaban J connectivity index is 1.88. The molecule has 0 saturated carbocycles. The maximum absolute atomic E-state index is 14.8. The summed E-state index contributed by atoms with van der Waals surface area (Å²) in [6, 6.07) is 6.43. The number of aliphatic hydroxyl groups is 2. The quantitative estimate of drug-likeness (QED) is 0.257. The summed E-state index contributed by atoms with van der Waals surface area (Å²) in [5.41, 5.74) is -2.98. The van der Waals surface area contributed by atoms with Gasteiger partial charge >= 0.3 is 21.3 Å². The standard InChI is InChI=1S/C18H22F2N2O12P2/c1-10-7-21(17(26)22(15(10)25)9-18(19,20)11-5-3-2-4-6-11)16-14(24)13(23)12(33-16)8-32-36(30,31)34-35(27,28)29/h2-7,12-14,16,23-24H,8-9H2,1H3,(H,30,31)(H2,27,28,29)/t12-,13-,14-,16-/m1/s1. The zero-order valence-electron chi connectivity index (χ0n) is 18.3. The van der Waals surface area contributed by atoms with Crippen molar-refractivity contribution >= 4 is 15.6 Å². The molecule has 1 aliphatic heterocycles. The summed E-state index contributed by atoms with van der Waals surface area (Å²) >= 11 is 0. The molecule has 0 amide bonds. The third-order valence-corrected chi connectivity index (χ3v) is 7.29. The lowest BCUT2D eigenvalue weighted by atomic mass is 10.1. The molecule has 1 aliphatic rings. The maximum Gasteiger partial charge on any atom is 0.481 e. The number of hydrogen-bond acceptors (Lipinski definition) is 9. The molecule has 0 radical (unpaired) electrons. The summed E-state index contributed by atoms with van der Waals surface area (Å²) in [6.07, 6.45) is -6.25. The number of phosphoric acid groups is 2. The van der Waals surface area contributed by atoms with Gasteiger partial charge in [0.25, 0.3) is 11.5 Å². The van der Waals surface area contributed by atoms with Gasteiger partial charge < -0.3 is 29.6 Å². The van der Waals surface area contributed by atoms with Gasteiger partial charge in [-0.2, -0.15) is 13.1 Å². The molecule has 1 unspecified atom stereocenters. The molecule has 0 aliphatic carbocycles. The van der Waals surface area contributed by atoms with Crippen LogP contribution in [0.4, 0.5) is 8.78 Å². The van der Waals surface area contributed by atoms with E-state index in [1.54, 1.807) is 0 Å². The third-order valence-electron chi connectivity index (χ3n) is 5.14. The van der Waals surface area contributed by atoms with Crippen LogP contribution in [0.15, 0.2) is 46.1 Å². The topological polar surface area (TPSA) is 207 Å². The molecule has 3 rings (SSSR count). The molecular weight excluding hydrogens is 536 g/mol. The van der Waals surface area contributed by atoms with Crippen molar-refractivity contribution in [1.82, 2.24) is 9.13 Å². The van der Waals surface area contributed by atoms with Crippen molar-refractivity contribution in [2.24, 2.45) is 0 Å². The lowest BCUT2D eigenvalue weighted by Gasteiger charge is -2.22. The van der Waals surface area contributed by atoms with Crippen LogP contribution < -0.4 is 11.2 Å². The van der Waals surface area contributed by atoms with Crippen LogP contribution in [-0.2, 0) is 35.2 Å². The Morgan fingerprint density at radius 2 is 1.69 bits per heavy atom. The number of rotatable bonds is 9. The Labute approximate surface area is 200 Å². The Bertz CT molecular complexity index is 1310. The smallest absolute Gasteiger partial charge is 0.387 e. The second kappa shape index (κ2) is 10.3. The van der Waals surface area contributed by atoms with Crippen LogP contribution in [0, 0.1) is 6.92 Å². The molecule has 0 bridgehead atoms. The fraction of sp³-hybridized carbons (Fsp3) is 0.444. The number of nitrogens with zero attached hydrogens (tertiary/aromatic N) is 2. The predicted molar refractivity (Wildman–Crippen MR) is 115 cm³/mol. The maximum atomic E-state index is 14.8. The highest BCUT2D eigenvalue weighted by Crippen LogP contribution is 2.57. The zero-order valence-corrected chi connectivity index (χ0v) is 20.1. The number of aryl methyl sites for hydroxylation is 1. The molecule has 2 heterocycles. The molecule has 200 valence electrons. The highest BCUT2D eigenvalue weighted by atomic mass is 31.3. The molecule has 5 atom stereocenters. The van der Waals surface area contributed by atoms with Gasteiger partial charge in [0, 0.05) is 17.3 Å². The van der Waals surface area contributed by atoms with E-state index in [4.69, 9.17) is 14.5 Å². The molecule has 18 heteroatoms. The number of hydrogen-bond donors (Lipinski definition) is 5. The van der Waals surface area contributed by atoms with Gasteiger partial charge in [0.2, 0.25) is 0 Å². The van der Waals surface area contributed by atoms with Gasteiger partial charge in [-0.25, -0.2) is 13.9 Å². The summed E-state index contributed by atoms with van der Waals surface area (Å²) < 4.78 is 66.1. The summed E-state index contributed by atoms with van der Waals surface area (Å²) in [6.45, 7) is -1.17. The van der Waals surface area contributed by atoms with Crippen molar-refractivity contribution in [3.63, 3.8) is 0 Å². The number of alkyl halides is 2. The summed E-state index contributed by atoms with van der Waals surface area (Å²) in [4.78, 5) is 52.1. The van der Waals surface area contributed by atoms with Crippen LogP contribution >= 0.6 is 15.6 Å². The highest BCUT2D eigenvalue weighted by molar-refractivity contribution is 7.60. The molecule has 2 aromatic rings. The van der Waals surface area contributed by atoms with Crippen molar-refractivity contribution < 1.29 is 56.4 Å². The average molecular weight is 558 g/mol. The molecular formula is C18H22F2N2O12P2. The third kappa shape index (κ3) is 6.42. The van der Waals surface area contributed by atoms with E-state index in [-0.39, 0.29) is 10.1 Å². The summed E-state index contributed by atoms with van der Waals surface area (Å²) in [5, 5.41) is 20.6. The zero-order chi connectivity index (χ0) is 27.1. The van der Waals surface area contributed by atoms with Gasteiger partial charge in [-0.15, -0.1) is 0 Å². The monoisotopic (exact) mass is 558 g/mol. The second-order valence-corrected chi connectivity index (χ2v) is 10.7. The van der Waals surface area contributed by atoms with E-state index in [9.17, 15) is 42.6 Å². The molecule has 1 saturated heterocycles. The lowest BCUT2D eigenvalue weighted by Crippen LogP contribution is -2.46. The number of halogens is 2. The van der Waals surface area contributed by atoms with Crippen molar-refractivity contribution in [2.75, 3.05) is 6.61 Å².